The third kappa shape index (κ3) is 16.5. The molecule has 180 valence electrons. The number of unbranched alkanes of at least 4 members (excludes halogenated alkanes) is 15. The largest absolute Gasteiger partial charge is 0.756 e. The molecule has 0 amide bonds. The summed E-state index contributed by atoms with van der Waals surface area (Å²) in [5, 5.41) is 0. The van der Waals surface area contributed by atoms with Crippen LogP contribution in [0.25, 0.3) is 0 Å². The second kappa shape index (κ2) is 18.8. The Balaban J connectivity index is 1.85. The smallest absolute Gasteiger partial charge is 0.268 e. The van der Waals surface area contributed by atoms with Crippen LogP contribution in [-0.2, 0) is 27.3 Å². The van der Waals surface area contributed by atoms with E-state index < -0.39 is 7.82 Å². The number of aromatic nitrogens is 1. The van der Waals surface area contributed by atoms with E-state index in [0.29, 0.717) is 0 Å². The van der Waals surface area contributed by atoms with Gasteiger partial charge in [-0.25, -0.2) is 4.57 Å². The van der Waals surface area contributed by atoms with Gasteiger partial charge in [-0.2, -0.15) is 0 Å². The minimum absolute atomic E-state index is 0.00290. The number of hydrogen-bond donors (Lipinski definition) is 0. The van der Waals surface area contributed by atoms with Gasteiger partial charge in [0.2, 0.25) is 5.69 Å². The molecule has 0 fully saturated rings. The van der Waals surface area contributed by atoms with E-state index in [2.05, 4.69) is 6.92 Å². The van der Waals surface area contributed by atoms with Gasteiger partial charge in [-0.3, -0.25) is 4.57 Å². The molecule has 0 spiro atoms. The van der Waals surface area contributed by atoms with E-state index in [-0.39, 0.29) is 13.2 Å². The molecule has 0 aromatic carbocycles. The van der Waals surface area contributed by atoms with Gasteiger partial charge in [-0.05, 0) is 6.42 Å². The van der Waals surface area contributed by atoms with Crippen LogP contribution in [0, 0.1) is 0 Å². The summed E-state index contributed by atoms with van der Waals surface area (Å²) in [5.74, 6) is 0. The second-order valence-electron chi connectivity index (χ2n) is 8.66. The van der Waals surface area contributed by atoms with E-state index in [1.165, 1.54) is 83.5 Å². The number of phosphoric ester groups is 1. The minimum atomic E-state index is -4.23. The SMILES string of the molecule is CCCCCCCCCCCCCCCCCCOP(=O)([O-])OCc1cccc[n+]1C. The summed E-state index contributed by atoms with van der Waals surface area (Å²) >= 11 is 0. The van der Waals surface area contributed by atoms with Crippen molar-refractivity contribution in [1.29, 1.82) is 0 Å². The molecule has 1 unspecified atom stereocenters. The molecule has 0 saturated carbocycles. The average molecular weight is 456 g/mol. The lowest BCUT2D eigenvalue weighted by molar-refractivity contribution is -0.680. The fraction of sp³-hybridized carbons (Fsp3) is 0.800. The summed E-state index contributed by atoms with van der Waals surface area (Å²) in [7, 11) is -2.38. The van der Waals surface area contributed by atoms with Crippen molar-refractivity contribution in [1.82, 2.24) is 0 Å². The monoisotopic (exact) mass is 455 g/mol. The average Bonchev–Trinajstić information content (AvgIpc) is 2.75. The van der Waals surface area contributed by atoms with Crippen molar-refractivity contribution < 1.29 is 23.1 Å². The van der Waals surface area contributed by atoms with Crippen molar-refractivity contribution in [3.63, 3.8) is 0 Å². The van der Waals surface area contributed by atoms with Gasteiger partial charge in [0.15, 0.2) is 6.20 Å². The Bertz CT molecular complexity index is 597. The zero-order valence-corrected chi connectivity index (χ0v) is 21.0. The maximum absolute atomic E-state index is 11.8. The van der Waals surface area contributed by atoms with Gasteiger partial charge >= 0.3 is 0 Å². The van der Waals surface area contributed by atoms with Gasteiger partial charge < -0.3 is 13.9 Å². The summed E-state index contributed by atoms with van der Waals surface area (Å²) in [4.78, 5) is 11.8. The molecule has 6 heteroatoms. The van der Waals surface area contributed by atoms with Gasteiger partial charge in [-0.1, -0.05) is 109 Å². The van der Waals surface area contributed by atoms with Crippen molar-refractivity contribution in [2.75, 3.05) is 6.61 Å². The number of nitrogens with zero attached hydrogens (tertiary/aromatic N) is 1. The van der Waals surface area contributed by atoms with Gasteiger partial charge in [0, 0.05) is 12.1 Å². The maximum Gasteiger partial charge on any atom is 0.268 e. The van der Waals surface area contributed by atoms with E-state index >= 15 is 0 Å². The first-order valence-corrected chi connectivity index (χ1v) is 14.0. The van der Waals surface area contributed by atoms with Gasteiger partial charge in [0.1, 0.15) is 13.7 Å². The lowest BCUT2D eigenvalue weighted by atomic mass is 10.0. The predicted octanol–water partition coefficient (Wildman–Crippen LogP) is 6.77. The standard InChI is InChI=1S/C25H46NO4P/c1-3-4-5-6-7-8-9-10-11-12-13-14-15-16-17-20-23-29-31(27,28)30-24-25-21-18-19-22-26(25)2/h18-19,21-22H,3-17,20,23-24H2,1-2H3. The highest BCUT2D eigenvalue weighted by Crippen LogP contribution is 2.39. The molecule has 1 heterocycles. The molecule has 0 N–H and O–H groups in total. The van der Waals surface area contributed by atoms with E-state index in [4.69, 9.17) is 9.05 Å². The van der Waals surface area contributed by atoms with Crippen LogP contribution in [0.4, 0.5) is 0 Å². The topological polar surface area (TPSA) is 62.5 Å². The first-order valence-electron chi connectivity index (χ1n) is 12.6. The van der Waals surface area contributed by atoms with Crippen molar-refractivity contribution in [3.05, 3.63) is 30.1 Å². The zero-order valence-electron chi connectivity index (χ0n) is 20.1. The lowest BCUT2D eigenvalue weighted by Crippen LogP contribution is -2.33. The second-order valence-corrected chi connectivity index (χ2v) is 10.1. The molecule has 5 nitrogen and oxygen atoms in total. The highest BCUT2D eigenvalue weighted by molar-refractivity contribution is 7.45. The molecule has 0 aliphatic rings. The van der Waals surface area contributed by atoms with Crippen molar-refractivity contribution in [2.24, 2.45) is 7.05 Å². The Hall–Kier alpha value is -0.740. The highest BCUT2D eigenvalue weighted by Gasteiger charge is 2.13. The molecule has 0 saturated heterocycles. The van der Waals surface area contributed by atoms with Crippen LogP contribution in [-0.4, -0.2) is 6.61 Å². The maximum atomic E-state index is 11.8. The summed E-state index contributed by atoms with van der Waals surface area (Å²) in [6, 6.07) is 5.56. The van der Waals surface area contributed by atoms with Crippen LogP contribution in [0.2, 0.25) is 0 Å². The molecule has 1 atom stereocenters. The van der Waals surface area contributed by atoms with Gasteiger partial charge in [0.05, 0.1) is 6.61 Å². The molecular formula is C25H46NO4P. The summed E-state index contributed by atoms with van der Waals surface area (Å²) < 4.78 is 23.6. The van der Waals surface area contributed by atoms with E-state index in [1.54, 1.807) is 0 Å². The summed E-state index contributed by atoms with van der Waals surface area (Å²) in [6.45, 7) is 2.48. The van der Waals surface area contributed by atoms with Crippen LogP contribution in [0.1, 0.15) is 115 Å². The van der Waals surface area contributed by atoms with E-state index in [9.17, 15) is 9.46 Å². The highest BCUT2D eigenvalue weighted by atomic mass is 31.2. The Morgan fingerprint density at radius 1 is 0.774 bits per heavy atom. The van der Waals surface area contributed by atoms with Crippen LogP contribution in [0.5, 0.6) is 0 Å². The number of phosphoric acid groups is 1. The Kier molecular flexibility index (Phi) is 17.2. The van der Waals surface area contributed by atoms with Gasteiger partial charge in [-0.15, -0.1) is 0 Å². The minimum Gasteiger partial charge on any atom is -0.756 e. The Labute approximate surface area is 191 Å². The Morgan fingerprint density at radius 2 is 1.26 bits per heavy atom. The fourth-order valence-corrected chi connectivity index (χ4v) is 4.44. The molecule has 31 heavy (non-hydrogen) atoms. The molecule has 0 aliphatic heterocycles. The van der Waals surface area contributed by atoms with Crippen molar-refractivity contribution in [3.8, 4) is 0 Å². The summed E-state index contributed by atoms with van der Waals surface area (Å²) in [6.07, 6.45) is 22.5. The van der Waals surface area contributed by atoms with Crippen LogP contribution >= 0.6 is 7.82 Å². The molecule has 0 aliphatic carbocycles. The summed E-state index contributed by atoms with van der Waals surface area (Å²) in [5.41, 5.74) is 0.782. The number of rotatable bonds is 21. The molecule has 0 bridgehead atoms. The van der Waals surface area contributed by atoms with Crippen LogP contribution in [0.15, 0.2) is 24.4 Å². The van der Waals surface area contributed by atoms with Gasteiger partial charge in [0.25, 0.3) is 7.82 Å². The van der Waals surface area contributed by atoms with Crippen LogP contribution in [0.3, 0.4) is 0 Å². The zero-order chi connectivity index (χ0) is 22.6. The first kappa shape index (κ1) is 28.3. The fourth-order valence-electron chi connectivity index (χ4n) is 3.72. The third-order valence-corrected chi connectivity index (χ3v) is 6.72. The number of pyridine rings is 1. The lowest BCUT2D eigenvalue weighted by Gasteiger charge is -2.21. The molecule has 1 rings (SSSR count). The third-order valence-electron chi connectivity index (χ3n) is 5.78. The molecule has 0 radical (unpaired) electrons. The van der Waals surface area contributed by atoms with Crippen molar-refractivity contribution >= 4 is 7.82 Å². The first-order chi connectivity index (χ1) is 15.0. The van der Waals surface area contributed by atoms with Crippen LogP contribution < -0.4 is 9.46 Å². The predicted molar refractivity (Wildman–Crippen MR) is 126 cm³/mol. The Morgan fingerprint density at radius 3 is 1.74 bits per heavy atom. The quantitative estimate of drug-likeness (QED) is 0.116. The van der Waals surface area contributed by atoms with Crippen molar-refractivity contribution in [2.45, 2.75) is 116 Å². The number of hydrogen-bond acceptors (Lipinski definition) is 4. The van der Waals surface area contributed by atoms with E-state index in [1.807, 2.05) is 36.0 Å². The number of aryl methyl sites for hydroxylation is 1. The van der Waals surface area contributed by atoms with E-state index in [0.717, 1.165) is 25.0 Å². The normalized spacial score (nSPS) is 13.4. The molecule has 1 aromatic heterocycles. The molecule has 1 aromatic rings. The molecular weight excluding hydrogens is 409 g/mol.